The minimum Gasteiger partial charge on any atom is -0.497 e. The highest BCUT2D eigenvalue weighted by atomic mass is 16.5. The van der Waals surface area contributed by atoms with E-state index in [1.807, 2.05) is 44.2 Å². The van der Waals surface area contributed by atoms with Crippen molar-refractivity contribution in [2.75, 3.05) is 25.6 Å². The van der Waals surface area contributed by atoms with Crippen LogP contribution in [0.3, 0.4) is 0 Å². The quantitative estimate of drug-likeness (QED) is 0.572. The first kappa shape index (κ1) is 20.2. The van der Waals surface area contributed by atoms with Gasteiger partial charge in [0.15, 0.2) is 11.5 Å². The van der Waals surface area contributed by atoms with Gasteiger partial charge in [-0.1, -0.05) is 12.1 Å². The molecule has 0 radical (unpaired) electrons. The van der Waals surface area contributed by atoms with E-state index < -0.39 is 0 Å². The Kier molecular flexibility index (Phi) is 6.67. The number of anilines is 2. The van der Waals surface area contributed by atoms with Crippen LogP contribution in [0.25, 0.3) is 0 Å². The number of nitrogens with zero attached hydrogens (tertiary/aromatic N) is 2. The van der Waals surface area contributed by atoms with E-state index in [-0.39, 0.29) is 11.5 Å². The van der Waals surface area contributed by atoms with Gasteiger partial charge in [0.25, 0.3) is 5.56 Å². The van der Waals surface area contributed by atoms with Gasteiger partial charge in [-0.15, -0.1) is 10.2 Å². The number of ether oxygens (including phenoxy) is 3. The summed E-state index contributed by atoms with van der Waals surface area (Å²) < 4.78 is 16.3. The van der Waals surface area contributed by atoms with E-state index in [1.54, 1.807) is 19.2 Å². The molecule has 8 nitrogen and oxygen atoms in total. The fourth-order valence-corrected chi connectivity index (χ4v) is 2.73. The molecule has 1 aromatic heterocycles. The van der Waals surface area contributed by atoms with E-state index in [9.17, 15) is 4.79 Å². The summed E-state index contributed by atoms with van der Waals surface area (Å²) in [5, 5.41) is 11.2. The lowest BCUT2D eigenvalue weighted by Gasteiger charge is -2.13. The zero-order valence-electron chi connectivity index (χ0n) is 16.7. The van der Waals surface area contributed by atoms with Crippen LogP contribution in [0.2, 0.25) is 0 Å². The molecule has 2 aromatic carbocycles. The summed E-state index contributed by atoms with van der Waals surface area (Å²) in [6.07, 6.45) is 0.379. The first-order valence-corrected chi connectivity index (χ1v) is 9.38. The third kappa shape index (κ3) is 5.25. The second kappa shape index (κ2) is 9.59. The first-order chi connectivity index (χ1) is 14.1. The molecule has 0 fully saturated rings. The Bertz CT molecular complexity index is 1000. The molecule has 3 rings (SSSR count). The van der Waals surface area contributed by atoms with Crippen LogP contribution in [0.1, 0.15) is 25.1 Å². The Labute approximate surface area is 168 Å². The molecule has 0 aliphatic rings. The second-order valence-electron chi connectivity index (χ2n) is 6.13. The summed E-state index contributed by atoms with van der Waals surface area (Å²) in [5.74, 6) is 2.29. The van der Waals surface area contributed by atoms with Crippen molar-refractivity contribution >= 4 is 11.6 Å². The van der Waals surface area contributed by atoms with Crippen molar-refractivity contribution in [1.29, 1.82) is 0 Å². The fraction of sp³-hybridized carbons (Fsp3) is 0.286. The van der Waals surface area contributed by atoms with Gasteiger partial charge in [0.1, 0.15) is 11.4 Å². The molecule has 29 heavy (non-hydrogen) atoms. The lowest BCUT2D eigenvalue weighted by atomic mass is 10.1. The summed E-state index contributed by atoms with van der Waals surface area (Å²) in [6.45, 7) is 4.87. The zero-order valence-corrected chi connectivity index (χ0v) is 16.7. The number of aromatic nitrogens is 3. The molecule has 0 atom stereocenters. The zero-order chi connectivity index (χ0) is 20.6. The predicted molar refractivity (Wildman–Crippen MR) is 111 cm³/mol. The monoisotopic (exact) mass is 396 g/mol. The van der Waals surface area contributed by atoms with Crippen molar-refractivity contribution < 1.29 is 14.2 Å². The van der Waals surface area contributed by atoms with Crippen molar-refractivity contribution in [2.45, 2.75) is 20.3 Å². The molecule has 0 amide bonds. The number of nitrogens with one attached hydrogen (secondary N) is 2. The lowest BCUT2D eigenvalue weighted by molar-refractivity contribution is 0.288. The van der Waals surface area contributed by atoms with Crippen molar-refractivity contribution in [3.05, 3.63) is 64.1 Å². The highest BCUT2D eigenvalue weighted by molar-refractivity contribution is 5.59. The van der Waals surface area contributed by atoms with E-state index >= 15 is 0 Å². The van der Waals surface area contributed by atoms with Gasteiger partial charge >= 0.3 is 0 Å². The summed E-state index contributed by atoms with van der Waals surface area (Å²) in [7, 11) is 1.61. The molecule has 1 heterocycles. The van der Waals surface area contributed by atoms with Gasteiger partial charge in [0, 0.05) is 18.2 Å². The van der Waals surface area contributed by atoms with E-state index in [0.29, 0.717) is 42.5 Å². The molecular weight excluding hydrogens is 372 g/mol. The standard InChI is InChI=1S/C21H24N4O4/c1-4-28-18-11-8-15(13-19(18)29-5-2)22-21-23-20(26)17(24-25-21)12-14-6-9-16(27-3)10-7-14/h6-11,13H,4-5,12H2,1-3H3,(H2,22,23,25,26). The Morgan fingerprint density at radius 2 is 1.69 bits per heavy atom. The average molecular weight is 396 g/mol. The lowest BCUT2D eigenvalue weighted by Crippen LogP contribution is -2.18. The number of benzene rings is 2. The fourth-order valence-electron chi connectivity index (χ4n) is 2.73. The van der Waals surface area contributed by atoms with Gasteiger partial charge < -0.3 is 19.5 Å². The third-order valence-corrected chi connectivity index (χ3v) is 4.10. The summed E-state index contributed by atoms with van der Waals surface area (Å²) in [5.41, 5.74) is 1.68. The molecule has 0 unspecified atom stereocenters. The Balaban J connectivity index is 1.74. The van der Waals surface area contributed by atoms with Gasteiger partial charge in [0.2, 0.25) is 5.95 Å². The van der Waals surface area contributed by atoms with Crippen LogP contribution in [0, 0.1) is 0 Å². The molecule has 8 heteroatoms. The minimum atomic E-state index is -0.297. The topological polar surface area (TPSA) is 98.4 Å². The normalized spacial score (nSPS) is 10.4. The SMILES string of the molecule is CCOc1ccc(Nc2nnc(Cc3ccc(OC)cc3)c(=O)[nH]2)cc1OCC. The van der Waals surface area contributed by atoms with Crippen molar-refractivity contribution in [2.24, 2.45) is 0 Å². The number of hydrogen-bond donors (Lipinski definition) is 2. The highest BCUT2D eigenvalue weighted by Gasteiger charge is 2.09. The number of hydrogen-bond acceptors (Lipinski definition) is 7. The number of aromatic amines is 1. The van der Waals surface area contributed by atoms with Gasteiger partial charge in [0.05, 0.1) is 20.3 Å². The van der Waals surface area contributed by atoms with Crippen LogP contribution in [0.5, 0.6) is 17.2 Å². The highest BCUT2D eigenvalue weighted by Crippen LogP contribution is 2.31. The number of methoxy groups -OCH3 is 1. The maximum atomic E-state index is 12.4. The largest absolute Gasteiger partial charge is 0.497 e. The Morgan fingerprint density at radius 3 is 2.34 bits per heavy atom. The molecular formula is C21H24N4O4. The van der Waals surface area contributed by atoms with Gasteiger partial charge in [-0.05, 0) is 43.7 Å². The van der Waals surface area contributed by atoms with Gasteiger partial charge in [-0.25, -0.2) is 0 Å². The van der Waals surface area contributed by atoms with Crippen molar-refractivity contribution in [3.63, 3.8) is 0 Å². The average Bonchev–Trinajstić information content (AvgIpc) is 2.73. The second-order valence-corrected chi connectivity index (χ2v) is 6.13. The van der Waals surface area contributed by atoms with Crippen LogP contribution in [0.15, 0.2) is 47.3 Å². The molecule has 0 saturated carbocycles. The van der Waals surface area contributed by atoms with E-state index in [1.165, 1.54) is 0 Å². The summed E-state index contributed by atoms with van der Waals surface area (Å²) in [6, 6.07) is 12.9. The van der Waals surface area contributed by atoms with Gasteiger partial charge in [-0.2, -0.15) is 0 Å². The molecule has 0 spiro atoms. The van der Waals surface area contributed by atoms with Crippen LogP contribution in [-0.4, -0.2) is 35.5 Å². The van der Waals surface area contributed by atoms with Crippen LogP contribution in [-0.2, 0) is 6.42 Å². The Hall–Kier alpha value is -3.55. The van der Waals surface area contributed by atoms with Crippen molar-refractivity contribution in [1.82, 2.24) is 15.2 Å². The Morgan fingerprint density at radius 1 is 0.966 bits per heavy atom. The maximum Gasteiger partial charge on any atom is 0.274 e. The van der Waals surface area contributed by atoms with Crippen LogP contribution in [0.4, 0.5) is 11.6 Å². The summed E-state index contributed by atoms with van der Waals surface area (Å²) >= 11 is 0. The predicted octanol–water partition coefficient (Wildman–Crippen LogP) is 3.31. The van der Waals surface area contributed by atoms with E-state index in [0.717, 1.165) is 11.3 Å². The van der Waals surface area contributed by atoms with Crippen molar-refractivity contribution in [3.8, 4) is 17.2 Å². The molecule has 0 aliphatic carbocycles. The summed E-state index contributed by atoms with van der Waals surface area (Å²) in [4.78, 5) is 15.1. The minimum absolute atomic E-state index is 0.250. The molecule has 152 valence electrons. The number of rotatable bonds is 9. The maximum absolute atomic E-state index is 12.4. The molecule has 3 aromatic rings. The third-order valence-electron chi connectivity index (χ3n) is 4.10. The van der Waals surface area contributed by atoms with E-state index in [2.05, 4.69) is 20.5 Å². The first-order valence-electron chi connectivity index (χ1n) is 9.38. The molecule has 0 saturated heterocycles. The molecule has 0 bridgehead atoms. The van der Waals surface area contributed by atoms with Gasteiger partial charge in [-0.3, -0.25) is 9.78 Å². The van der Waals surface area contributed by atoms with Crippen LogP contribution >= 0.6 is 0 Å². The molecule has 2 N–H and O–H groups in total. The molecule has 0 aliphatic heterocycles. The van der Waals surface area contributed by atoms with E-state index in [4.69, 9.17) is 14.2 Å². The smallest absolute Gasteiger partial charge is 0.274 e. The van der Waals surface area contributed by atoms with Crippen LogP contribution < -0.4 is 25.1 Å². The number of H-pyrrole nitrogens is 1.